The largest absolute Gasteiger partial charge is 0.322 e. The van der Waals surface area contributed by atoms with Crippen LogP contribution in [0.2, 0.25) is 0 Å². The van der Waals surface area contributed by atoms with Gasteiger partial charge in [-0.25, -0.2) is 0 Å². The summed E-state index contributed by atoms with van der Waals surface area (Å²) in [5, 5.41) is 13.5. The van der Waals surface area contributed by atoms with Crippen molar-refractivity contribution in [1.82, 2.24) is 0 Å². The molecule has 0 fully saturated rings. The van der Waals surface area contributed by atoms with Crippen LogP contribution in [0.1, 0.15) is 21.5 Å². The summed E-state index contributed by atoms with van der Waals surface area (Å²) in [5.74, 6) is -0.288. The number of benzene rings is 2. The van der Waals surface area contributed by atoms with Crippen LogP contribution in [-0.4, -0.2) is 10.8 Å². The van der Waals surface area contributed by atoms with Crippen molar-refractivity contribution >= 4 is 33.2 Å². The molecule has 0 bridgehead atoms. The average Bonchev–Trinajstić information content (AvgIpc) is 2.42. The molecule has 0 spiro atoms. The monoisotopic (exact) mass is 348 g/mol. The number of nitrogens with zero attached hydrogens (tertiary/aromatic N) is 1. The molecule has 2 rings (SSSR count). The fourth-order valence-corrected chi connectivity index (χ4v) is 2.18. The molecule has 6 heteroatoms. The number of carbonyl (C=O) groups is 1. The van der Waals surface area contributed by atoms with Crippen LogP contribution in [0.25, 0.3) is 0 Å². The Morgan fingerprint density at radius 1 is 1.14 bits per heavy atom. The van der Waals surface area contributed by atoms with E-state index >= 15 is 0 Å². The quantitative estimate of drug-likeness (QED) is 0.666. The number of halogens is 1. The third kappa shape index (κ3) is 3.46. The van der Waals surface area contributed by atoms with E-state index in [0.29, 0.717) is 16.8 Å². The first-order valence-corrected chi connectivity index (χ1v) is 7.00. The predicted molar refractivity (Wildman–Crippen MR) is 84.7 cm³/mol. The van der Waals surface area contributed by atoms with Crippen LogP contribution in [0, 0.1) is 24.0 Å². The minimum Gasteiger partial charge on any atom is -0.322 e. The highest BCUT2D eigenvalue weighted by Gasteiger charge is 2.13. The molecule has 0 saturated carbocycles. The van der Waals surface area contributed by atoms with Crippen LogP contribution in [-0.2, 0) is 0 Å². The van der Waals surface area contributed by atoms with Gasteiger partial charge in [-0.1, -0.05) is 15.9 Å². The molecule has 0 radical (unpaired) electrons. The van der Waals surface area contributed by atoms with Crippen molar-refractivity contribution in [3.63, 3.8) is 0 Å². The fraction of sp³-hybridized carbons (Fsp3) is 0.133. The number of carbonyl (C=O) groups excluding carboxylic acids is 1. The average molecular weight is 349 g/mol. The van der Waals surface area contributed by atoms with Gasteiger partial charge in [-0.2, -0.15) is 0 Å². The zero-order chi connectivity index (χ0) is 15.6. The lowest BCUT2D eigenvalue weighted by atomic mass is 10.1. The van der Waals surface area contributed by atoms with E-state index in [9.17, 15) is 14.9 Å². The van der Waals surface area contributed by atoms with Gasteiger partial charge in [-0.05, 0) is 49.2 Å². The van der Waals surface area contributed by atoms with Crippen molar-refractivity contribution in [1.29, 1.82) is 0 Å². The summed E-state index contributed by atoms with van der Waals surface area (Å²) in [4.78, 5) is 22.4. The topological polar surface area (TPSA) is 72.2 Å². The molecule has 0 aliphatic carbocycles. The fourth-order valence-electron chi connectivity index (χ4n) is 1.94. The molecule has 5 nitrogen and oxygen atoms in total. The maximum atomic E-state index is 12.2. The molecule has 1 N–H and O–H groups in total. The highest BCUT2D eigenvalue weighted by molar-refractivity contribution is 9.10. The van der Waals surface area contributed by atoms with Crippen molar-refractivity contribution in [2.75, 3.05) is 5.32 Å². The van der Waals surface area contributed by atoms with E-state index < -0.39 is 4.92 Å². The maximum Gasteiger partial charge on any atom is 0.269 e. The Hall–Kier alpha value is -2.21. The first-order chi connectivity index (χ1) is 9.88. The lowest BCUT2D eigenvalue weighted by Crippen LogP contribution is -2.13. The van der Waals surface area contributed by atoms with Crippen LogP contribution in [0.15, 0.2) is 40.9 Å². The van der Waals surface area contributed by atoms with Gasteiger partial charge < -0.3 is 5.32 Å². The maximum absolute atomic E-state index is 12.2. The lowest BCUT2D eigenvalue weighted by Gasteiger charge is -2.09. The molecule has 0 unspecified atom stereocenters. The zero-order valence-corrected chi connectivity index (χ0v) is 13.1. The summed E-state index contributed by atoms with van der Waals surface area (Å²) < 4.78 is 0.965. The van der Waals surface area contributed by atoms with E-state index in [2.05, 4.69) is 21.2 Å². The van der Waals surface area contributed by atoms with E-state index in [1.54, 1.807) is 13.0 Å². The van der Waals surface area contributed by atoms with E-state index in [1.165, 1.54) is 18.2 Å². The Labute approximate surface area is 130 Å². The van der Waals surface area contributed by atoms with Crippen molar-refractivity contribution in [3.05, 3.63) is 67.7 Å². The second-order valence-corrected chi connectivity index (χ2v) is 5.53. The molecular weight excluding hydrogens is 336 g/mol. The van der Waals surface area contributed by atoms with E-state index in [1.807, 2.05) is 19.1 Å². The molecule has 1 amide bonds. The molecule has 0 aromatic heterocycles. The first kappa shape index (κ1) is 15.2. The predicted octanol–water partition coefficient (Wildman–Crippen LogP) is 4.23. The summed E-state index contributed by atoms with van der Waals surface area (Å²) in [6.45, 7) is 3.60. The van der Waals surface area contributed by atoms with Crippen LogP contribution in [0.3, 0.4) is 0 Å². The third-order valence-corrected chi connectivity index (χ3v) is 3.97. The lowest BCUT2D eigenvalue weighted by molar-refractivity contribution is -0.384. The number of hydrogen-bond donors (Lipinski definition) is 1. The Morgan fingerprint density at radius 3 is 2.43 bits per heavy atom. The second kappa shape index (κ2) is 6.05. The van der Waals surface area contributed by atoms with Gasteiger partial charge in [0.2, 0.25) is 0 Å². The third-order valence-electron chi connectivity index (χ3n) is 3.08. The van der Waals surface area contributed by atoms with Crippen molar-refractivity contribution in [2.45, 2.75) is 13.8 Å². The molecule has 2 aromatic carbocycles. The summed E-state index contributed by atoms with van der Waals surface area (Å²) in [6, 6.07) is 9.68. The number of amides is 1. The van der Waals surface area contributed by atoms with Gasteiger partial charge in [0, 0.05) is 27.9 Å². The molecule has 21 heavy (non-hydrogen) atoms. The summed E-state index contributed by atoms with van der Waals surface area (Å²) in [7, 11) is 0. The Morgan fingerprint density at radius 2 is 1.86 bits per heavy atom. The van der Waals surface area contributed by atoms with Crippen LogP contribution in [0.5, 0.6) is 0 Å². The molecule has 0 saturated heterocycles. The number of nitro groups is 1. The van der Waals surface area contributed by atoms with E-state index in [-0.39, 0.29) is 11.6 Å². The van der Waals surface area contributed by atoms with Crippen molar-refractivity contribution < 1.29 is 9.72 Å². The first-order valence-electron chi connectivity index (χ1n) is 6.21. The Bertz CT molecular complexity index is 729. The number of non-ortho nitro benzene ring substituents is 1. The van der Waals surface area contributed by atoms with Crippen LogP contribution >= 0.6 is 15.9 Å². The Balaban J connectivity index is 2.24. The number of anilines is 1. The van der Waals surface area contributed by atoms with Gasteiger partial charge in [-0.15, -0.1) is 0 Å². The molecule has 2 aromatic rings. The smallest absolute Gasteiger partial charge is 0.269 e. The van der Waals surface area contributed by atoms with E-state index in [4.69, 9.17) is 0 Å². The highest BCUT2D eigenvalue weighted by Crippen LogP contribution is 2.22. The summed E-state index contributed by atoms with van der Waals surface area (Å²) in [6.07, 6.45) is 0. The number of hydrogen-bond acceptors (Lipinski definition) is 3. The van der Waals surface area contributed by atoms with Gasteiger partial charge in [0.15, 0.2) is 0 Å². The van der Waals surface area contributed by atoms with Gasteiger partial charge in [0.05, 0.1) is 4.92 Å². The van der Waals surface area contributed by atoms with Crippen molar-refractivity contribution in [2.24, 2.45) is 0 Å². The SMILES string of the molecule is Cc1cc(NC(=O)c2ccc([N+](=O)[O-])cc2C)ccc1Br. The summed E-state index contributed by atoms with van der Waals surface area (Å²) >= 11 is 3.40. The van der Waals surface area contributed by atoms with E-state index in [0.717, 1.165) is 10.0 Å². The normalized spacial score (nSPS) is 10.2. The molecule has 108 valence electrons. The number of rotatable bonds is 3. The number of nitrogens with one attached hydrogen (secondary N) is 1. The minimum absolute atomic E-state index is 0.0245. The van der Waals surface area contributed by atoms with Gasteiger partial charge in [0.1, 0.15) is 0 Å². The van der Waals surface area contributed by atoms with Crippen molar-refractivity contribution in [3.8, 4) is 0 Å². The molecule has 0 aliphatic rings. The van der Waals surface area contributed by atoms with Gasteiger partial charge in [0.25, 0.3) is 11.6 Å². The molecule has 0 atom stereocenters. The molecule has 0 aliphatic heterocycles. The second-order valence-electron chi connectivity index (χ2n) is 4.67. The molecule has 0 heterocycles. The van der Waals surface area contributed by atoms with Gasteiger partial charge >= 0.3 is 0 Å². The number of aryl methyl sites for hydroxylation is 2. The van der Waals surface area contributed by atoms with Crippen LogP contribution < -0.4 is 5.32 Å². The number of nitro benzene ring substituents is 1. The summed E-state index contributed by atoms with van der Waals surface area (Å²) in [5.41, 5.74) is 2.65. The van der Waals surface area contributed by atoms with Gasteiger partial charge in [-0.3, -0.25) is 14.9 Å². The van der Waals surface area contributed by atoms with Crippen LogP contribution in [0.4, 0.5) is 11.4 Å². The Kier molecular flexibility index (Phi) is 4.37. The standard InChI is InChI=1S/C15H13BrN2O3/c1-9-8-12(18(20)21)4-5-13(9)15(19)17-11-3-6-14(16)10(2)7-11/h3-8H,1-2H3,(H,17,19). The molecular formula is C15H13BrN2O3. The highest BCUT2D eigenvalue weighted by atomic mass is 79.9. The zero-order valence-electron chi connectivity index (χ0n) is 11.5. The minimum atomic E-state index is -0.479.